The van der Waals surface area contributed by atoms with Crippen molar-refractivity contribution in [2.24, 2.45) is 17.8 Å². The molecule has 0 bridgehead atoms. The fourth-order valence-electron chi connectivity index (χ4n) is 6.83. The van der Waals surface area contributed by atoms with E-state index in [0.29, 0.717) is 35.4 Å². The molecule has 0 spiro atoms. The average molecular weight is 647 g/mol. The fourth-order valence-corrected chi connectivity index (χ4v) is 6.83. The number of allylic oxidation sites excluding steroid dienone is 1. The summed E-state index contributed by atoms with van der Waals surface area (Å²) in [6.07, 6.45) is -0.716. The van der Waals surface area contributed by atoms with Crippen LogP contribution in [0.2, 0.25) is 0 Å². The summed E-state index contributed by atoms with van der Waals surface area (Å²) in [6.45, 7) is 6.80. The van der Waals surface area contributed by atoms with E-state index < -0.39 is 41.5 Å². The average Bonchev–Trinajstić information content (AvgIpc) is 3.33. The number of rotatable bonds is 11. The Bertz CT molecular complexity index is 1480. The topological polar surface area (TPSA) is 79.6 Å². The number of hydrogen-bond acceptors (Lipinski definition) is 5. The van der Waals surface area contributed by atoms with Crippen LogP contribution in [0.4, 0.5) is 26.7 Å². The van der Waals surface area contributed by atoms with Gasteiger partial charge >= 0.3 is 18.2 Å². The molecule has 1 saturated heterocycles. The Morgan fingerprint density at radius 3 is 2.37 bits per heavy atom. The van der Waals surface area contributed by atoms with Crippen LogP contribution in [0.3, 0.4) is 0 Å². The molecule has 2 aromatic rings. The van der Waals surface area contributed by atoms with Gasteiger partial charge in [0.2, 0.25) is 0 Å². The van der Waals surface area contributed by atoms with Crippen LogP contribution in [-0.2, 0) is 39.3 Å². The Kier molecular flexibility index (Phi) is 10.8. The van der Waals surface area contributed by atoms with Crippen molar-refractivity contribution in [2.75, 3.05) is 7.11 Å². The lowest BCUT2D eigenvalue weighted by Crippen LogP contribution is -2.32. The standard InChI is InChI=1S/C35H39F5N2O4/c1-5-23(24-11-13-26(14-12-24)32(43)45-4)9-10-25-8-7-22(19-41)15-28(25)20-42-21(3)31(46-33(42)44)27-16-29(34(36,37)6-2)18-30(17-27)35(38,39)40/h6-8,15-18,21,23-24,26,31H,2,5,9-14,20H2,1,3-4H3. The minimum atomic E-state index is -4.91. The molecule has 0 aromatic heterocycles. The smallest absolute Gasteiger partial charge is 0.416 e. The molecule has 248 valence electrons. The minimum absolute atomic E-state index is 0.0248. The van der Waals surface area contributed by atoms with Gasteiger partial charge in [0.1, 0.15) is 6.10 Å². The second kappa shape index (κ2) is 14.2. The number of esters is 1. The molecular formula is C35H39F5N2O4. The van der Waals surface area contributed by atoms with Crippen molar-refractivity contribution in [2.45, 2.75) is 89.6 Å². The van der Waals surface area contributed by atoms with Crippen LogP contribution >= 0.6 is 0 Å². The molecule has 0 N–H and O–H groups in total. The van der Waals surface area contributed by atoms with E-state index in [2.05, 4.69) is 19.6 Å². The highest BCUT2D eigenvalue weighted by Crippen LogP contribution is 2.42. The number of nitriles is 1. The van der Waals surface area contributed by atoms with Crippen LogP contribution in [0, 0.1) is 29.1 Å². The van der Waals surface area contributed by atoms with Gasteiger partial charge in [-0.15, -0.1) is 0 Å². The normalized spacial score (nSPS) is 22.6. The highest BCUT2D eigenvalue weighted by molar-refractivity contribution is 5.72. The first-order valence-electron chi connectivity index (χ1n) is 15.5. The van der Waals surface area contributed by atoms with Gasteiger partial charge in [0.15, 0.2) is 0 Å². The van der Waals surface area contributed by atoms with Gasteiger partial charge in [0.25, 0.3) is 5.92 Å². The molecule has 11 heteroatoms. The summed E-state index contributed by atoms with van der Waals surface area (Å²) in [4.78, 5) is 26.4. The number of nitrogens with zero attached hydrogens (tertiary/aromatic N) is 2. The monoisotopic (exact) mass is 646 g/mol. The van der Waals surface area contributed by atoms with Crippen molar-refractivity contribution in [1.29, 1.82) is 5.26 Å². The van der Waals surface area contributed by atoms with Crippen molar-refractivity contribution in [3.05, 3.63) is 82.4 Å². The largest absolute Gasteiger partial charge is 0.469 e. The summed E-state index contributed by atoms with van der Waals surface area (Å²) in [5.74, 6) is -3.07. The third kappa shape index (κ3) is 7.71. The third-order valence-corrected chi connectivity index (χ3v) is 9.60. The summed E-state index contributed by atoms with van der Waals surface area (Å²) in [5, 5.41) is 9.57. The van der Waals surface area contributed by atoms with Gasteiger partial charge in [0.05, 0.1) is 36.3 Å². The van der Waals surface area contributed by atoms with Gasteiger partial charge in [-0.1, -0.05) is 26.0 Å². The summed E-state index contributed by atoms with van der Waals surface area (Å²) in [5.41, 5.74) is -0.364. The van der Waals surface area contributed by atoms with Crippen LogP contribution in [0.1, 0.15) is 91.9 Å². The van der Waals surface area contributed by atoms with E-state index in [1.165, 1.54) is 12.0 Å². The van der Waals surface area contributed by atoms with E-state index in [0.717, 1.165) is 56.2 Å². The van der Waals surface area contributed by atoms with Crippen LogP contribution < -0.4 is 0 Å². The van der Waals surface area contributed by atoms with Gasteiger partial charge in [-0.25, -0.2) is 4.79 Å². The van der Waals surface area contributed by atoms with Crippen LogP contribution in [-0.4, -0.2) is 30.1 Å². The molecule has 0 radical (unpaired) electrons. The predicted molar refractivity (Wildman–Crippen MR) is 160 cm³/mol. The van der Waals surface area contributed by atoms with Crippen LogP contribution in [0.5, 0.6) is 0 Å². The first-order chi connectivity index (χ1) is 21.7. The molecule has 1 aliphatic heterocycles. The Morgan fingerprint density at radius 1 is 1.11 bits per heavy atom. The molecule has 1 aliphatic carbocycles. The molecule has 46 heavy (non-hydrogen) atoms. The third-order valence-electron chi connectivity index (χ3n) is 9.60. The second-order valence-corrected chi connectivity index (χ2v) is 12.3. The van der Waals surface area contributed by atoms with Crippen LogP contribution in [0.15, 0.2) is 49.1 Å². The highest BCUT2D eigenvalue weighted by atomic mass is 19.4. The van der Waals surface area contributed by atoms with Crippen molar-refractivity contribution in [1.82, 2.24) is 4.90 Å². The SMILES string of the molecule is C=CC(F)(F)c1cc(C2OC(=O)N(Cc3cc(C#N)ccc3CCC(CC)C3CCC(C(=O)OC)CC3)C2C)cc(C(F)(F)F)c1. The molecule has 1 saturated carbocycles. The number of carbonyl (C=O) groups excluding carboxylic acids is 2. The van der Waals surface area contributed by atoms with Crippen molar-refractivity contribution >= 4 is 12.1 Å². The number of ether oxygens (including phenoxy) is 2. The fraction of sp³-hybridized carbons (Fsp3) is 0.514. The van der Waals surface area contributed by atoms with Gasteiger partial charge in [0, 0.05) is 12.1 Å². The van der Waals surface area contributed by atoms with E-state index in [4.69, 9.17) is 9.47 Å². The zero-order valence-electron chi connectivity index (χ0n) is 26.2. The van der Waals surface area contributed by atoms with Gasteiger partial charge in [-0.05, 0) is 110 Å². The number of carbonyl (C=O) groups is 2. The number of benzene rings is 2. The van der Waals surface area contributed by atoms with Crippen molar-refractivity contribution < 1.29 is 41.0 Å². The Hall–Kier alpha value is -3.94. The van der Waals surface area contributed by atoms with E-state index in [1.54, 1.807) is 19.1 Å². The van der Waals surface area contributed by atoms with Gasteiger partial charge < -0.3 is 9.47 Å². The molecule has 2 aromatic carbocycles. The number of amides is 1. The molecule has 2 aliphatic rings. The van der Waals surface area contributed by atoms with Crippen molar-refractivity contribution in [3.8, 4) is 6.07 Å². The second-order valence-electron chi connectivity index (χ2n) is 12.3. The molecule has 2 fully saturated rings. The first-order valence-corrected chi connectivity index (χ1v) is 15.5. The highest BCUT2D eigenvalue weighted by Gasteiger charge is 2.43. The maximum atomic E-state index is 14.5. The number of methoxy groups -OCH3 is 1. The lowest BCUT2D eigenvalue weighted by atomic mass is 9.73. The van der Waals surface area contributed by atoms with Crippen molar-refractivity contribution in [3.63, 3.8) is 0 Å². The summed E-state index contributed by atoms with van der Waals surface area (Å²) >= 11 is 0. The number of halogens is 5. The lowest BCUT2D eigenvalue weighted by Gasteiger charge is -2.33. The van der Waals surface area contributed by atoms with E-state index in [-0.39, 0.29) is 30.1 Å². The quantitative estimate of drug-likeness (QED) is 0.138. The number of cyclic esters (lactones) is 1. The predicted octanol–water partition coefficient (Wildman–Crippen LogP) is 8.88. The number of alkyl halides is 5. The molecule has 1 amide bonds. The first kappa shape index (κ1) is 34.9. The summed E-state index contributed by atoms with van der Waals surface area (Å²) in [7, 11) is 1.41. The molecule has 3 unspecified atom stereocenters. The van der Waals surface area contributed by atoms with E-state index in [9.17, 15) is 36.8 Å². The maximum absolute atomic E-state index is 14.5. The summed E-state index contributed by atoms with van der Waals surface area (Å²) < 4.78 is 80.4. The zero-order valence-corrected chi connectivity index (χ0v) is 26.2. The lowest BCUT2D eigenvalue weighted by molar-refractivity contribution is -0.147. The zero-order chi connectivity index (χ0) is 33.8. The van der Waals surface area contributed by atoms with E-state index >= 15 is 0 Å². The number of hydrogen-bond donors (Lipinski definition) is 0. The summed E-state index contributed by atoms with van der Waals surface area (Å²) in [6, 6.07) is 8.59. The van der Waals surface area contributed by atoms with Gasteiger partial charge in [-0.2, -0.15) is 27.2 Å². The minimum Gasteiger partial charge on any atom is -0.469 e. The Morgan fingerprint density at radius 2 is 1.78 bits per heavy atom. The Balaban J connectivity index is 1.54. The maximum Gasteiger partial charge on any atom is 0.416 e. The Labute approximate surface area is 266 Å². The number of aryl methyl sites for hydroxylation is 1. The van der Waals surface area contributed by atoms with Crippen LogP contribution in [0.25, 0.3) is 0 Å². The molecule has 4 rings (SSSR count). The van der Waals surface area contributed by atoms with E-state index in [1.807, 2.05) is 6.07 Å². The molecule has 6 nitrogen and oxygen atoms in total. The molecule has 3 atom stereocenters. The van der Waals surface area contributed by atoms with Gasteiger partial charge in [-0.3, -0.25) is 9.69 Å². The molecular weight excluding hydrogens is 607 g/mol. The molecule has 1 heterocycles.